The summed E-state index contributed by atoms with van der Waals surface area (Å²) in [5.74, 6) is 0.520. The summed E-state index contributed by atoms with van der Waals surface area (Å²) in [7, 11) is 1.62. The van der Waals surface area contributed by atoms with Gasteiger partial charge in [-0.2, -0.15) is 0 Å². The van der Waals surface area contributed by atoms with Gasteiger partial charge in [-0.1, -0.05) is 41.6 Å². The first-order valence-corrected chi connectivity index (χ1v) is 10.0. The maximum Gasteiger partial charge on any atom is 0.228 e. The van der Waals surface area contributed by atoms with Gasteiger partial charge < -0.3 is 14.7 Å². The van der Waals surface area contributed by atoms with Crippen molar-refractivity contribution in [3.8, 4) is 11.3 Å². The minimum atomic E-state index is -0.734. The van der Waals surface area contributed by atoms with Crippen molar-refractivity contribution in [1.82, 2.24) is 20.4 Å². The van der Waals surface area contributed by atoms with Crippen LogP contribution in [-0.2, 0) is 22.4 Å². The molecular formula is C23H24N4O3. The van der Waals surface area contributed by atoms with Crippen molar-refractivity contribution < 1.29 is 14.1 Å². The van der Waals surface area contributed by atoms with Crippen molar-refractivity contribution in [3.63, 3.8) is 0 Å². The molecule has 1 unspecified atom stereocenters. The molecule has 2 amide bonds. The molecule has 2 aromatic heterocycles. The quantitative estimate of drug-likeness (QED) is 0.682. The van der Waals surface area contributed by atoms with E-state index in [1.54, 1.807) is 18.1 Å². The number of rotatable bonds is 6. The van der Waals surface area contributed by atoms with Crippen LogP contribution >= 0.6 is 0 Å². The maximum atomic E-state index is 12.8. The van der Waals surface area contributed by atoms with Crippen molar-refractivity contribution in [1.29, 1.82) is 0 Å². The molecule has 1 aliphatic rings. The van der Waals surface area contributed by atoms with Gasteiger partial charge in [-0.25, -0.2) is 0 Å². The second-order valence-corrected chi connectivity index (χ2v) is 7.64. The lowest BCUT2D eigenvalue weighted by Gasteiger charge is -2.26. The SMILES string of the molecule is CNC(=O)C1(Cc2cc(-c3ccccc3)no2)CCN(C(=O)Cc2ccccn2)C1. The zero-order valence-corrected chi connectivity index (χ0v) is 16.9. The van der Waals surface area contributed by atoms with E-state index in [-0.39, 0.29) is 18.2 Å². The predicted octanol–water partition coefficient (Wildman–Crippen LogP) is 2.49. The van der Waals surface area contributed by atoms with Gasteiger partial charge in [0, 0.05) is 50.1 Å². The summed E-state index contributed by atoms with van der Waals surface area (Å²) in [4.78, 5) is 31.6. The number of hydrogen-bond acceptors (Lipinski definition) is 5. The van der Waals surface area contributed by atoms with E-state index in [4.69, 9.17) is 4.52 Å². The van der Waals surface area contributed by atoms with Gasteiger partial charge in [-0.05, 0) is 18.6 Å². The summed E-state index contributed by atoms with van der Waals surface area (Å²) in [5.41, 5.74) is 1.68. The monoisotopic (exact) mass is 404 g/mol. The van der Waals surface area contributed by atoms with E-state index in [1.807, 2.05) is 54.6 Å². The molecule has 30 heavy (non-hydrogen) atoms. The van der Waals surface area contributed by atoms with E-state index in [9.17, 15) is 9.59 Å². The highest BCUT2D eigenvalue weighted by molar-refractivity contribution is 5.86. The number of hydrogen-bond donors (Lipinski definition) is 1. The molecule has 154 valence electrons. The van der Waals surface area contributed by atoms with Crippen molar-refractivity contribution in [3.05, 3.63) is 72.2 Å². The van der Waals surface area contributed by atoms with E-state index in [0.29, 0.717) is 31.7 Å². The molecule has 1 aromatic carbocycles. The number of likely N-dealkylation sites (tertiary alicyclic amines) is 1. The first-order valence-electron chi connectivity index (χ1n) is 10.0. The Morgan fingerprint density at radius 1 is 1.17 bits per heavy atom. The lowest BCUT2D eigenvalue weighted by molar-refractivity contribution is -0.132. The molecule has 1 aliphatic heterocycles. The molecule has 1 fully saturated rings. The maximum absolute atomic E-state index is 12.8. The van der Waals surface area contributed by atoms with Crippen molar-refractivity contribution in [2.75, 3.05) is 20.1 Å². The molecule has 7 heteroatoms. The number of carbonyl (C=O) groups is 2. The summed E-state index contributed by atoms with van der Waals surface area (Å²) in [6, 6.07) is 17.1. The minimum Gasteiger partial charge on any atom is -0.361 e. The Morgan fingerprint density at radius 3 is 2.70 bits per heavy atom. The largest absolute Gasteiger partial charge is 0.361 e. The van der Waals surface area contributed by atoms with Crippen molar-refractivity contribution >= 4 is 11.8 Å². The van der Waals surface area contributed by atoms with Crippen LogP contribution in [0, 0.1) is 5.41 Å². The van der Waals surface area contributed by atoms with Gasteiger partial charge in [0.05, 0.1) is 11.8 Å². The number of benzene rings is 1. The van der Waals surface area contributed by atoms with Gasteiger partial charge in [-0.15, -0.1) is 0 Å². The normalized spacial score (nSPS) is 18.4. The van der Waals surface area contributed by atoms with Crippen LogP contribution in [0.3, 0.4) is 0 Å². The number of pyridine rings is 1. The van der Waals surface area contributed by atoms with E-state index in [1.165, 1.54) is 0 Å². The number of nitrogens with one attached hydrogen (secondary N) is 1. The van der Waals surface area contributed by atoms with Crippen LogP contribution < -0.4 is 5.32 Å². The molecular weight excluding hydrogens is 380 g/mol. The average molecular weight is 404 g/mol. The third kappa shape index (κ3) is 4.10. The van der Waals surface area contributed by atoms with Crippen LogP contribution in [0.1, 0.15) is 17.9 Å². The van der Waals surface area contributed by atoms with Crippen LogP contribution in [0.5, 0.6) is 0 Å². The van der Waals surface area contributed by atoms with Gasteiger partial charge in [-0.3, -0.25) is 14.6 Å². The third-order valence-electron chi connectivity index (χ3n) is 5.61. The number of aromatic nitrogens is 2. The fourth-order valence-corrected chi connectivity index (χ4v) is 4.00. The van der Waals surface area contributed by atoms with Gasteiger partial charge in [0.15, 0.2) is 0 Å². The van der Waals surface area contributed by atoms with Crippen LogP contribution in [0.25, 0.3) is 11.3 Å². The Balaban J connectivity index is 1.50. The van der Waals surface area contributed by atoms with Crippen LogP contribution in [0.2, 0.25) is 0 Å². The number of nitrogens with zero attached hydrogens (tertiary/aromatic N) is 3. The number of amides is 2. The van der Waals surface area contributed by atoms with Gasteiger partial charge in [0.2, 0.25) is 11.8 Å². The van der Waals surface area contributed by atoms with E-state index < -0.39 is 5.41 Å². The zero-order chi connectivity index (χ0) is 21.0. The molecule has 1 saturated heterocycles. The van der Waals surface area contributed by atoms with Gasteiger partial charge in [0.25, 0.3) is 0 Å². The fraction of sp³-hybridized carbons (Fsp3) is 0.304. The number of carbonyl (C=O) groups excluding carboxylic acids is 2. The Hall–Kier alpha value is -3.48. The Morgan fingerprint density at radius 2 is 1.97 bits per heavy atom. The topological polar surface area (TPSA) is 88.3 Å². The first kappa shape index (κ1) is 19.8. The molecule has 4 rings (SSSR count). The van der Waals surface area contributed by atoms with Crippen LogP contribution in [0.15, 0.2) is 65.3 Å². The zero-order valence-electron chi connectivity index (χ0n) is 16.9. The molecule has 0 aliphatic carbocycles. The fourth-order valence-electron chi connectivity index (χ4n) is 4.00. The molecule has 3 aromatic rings. The van der Waals surface area contributed by atoms with Gasteiger partial charge >= 0.3 is 0 Å². The van der Waals surface area contributed by atoms with E-state index in [0.717, 1.165) is 17.0 Å². The molecule has 0 spiro atoms. The highest BCUT2D eigenvalue weighted by Gasteiger charge is 2.46. The molecule has 1 N–H and O–H groups in total. The summed E-state index contributed by atoms with van der Waals surface area (Å²) < 4.78 is 5.55. The third-order valence-corrected chi connectivity index (χ3v) is 5.61. The van der Waals surface area contributed by atoms with E-state index >= 15 is 0 Å². The first-order chi connectivity index (χ1) is 14.6. The lowest BCUT2D eigenvalue weighted by Crippen LogP contribution is -2.44. The average Bonchev–Trinajstić information content (AvgIpc) is 3.43. The van der Waals surface area contributed by atoms with Crippen molar-refractivity contribution in [2.45, 2.75) is 19.3 Å². The summed E-state index contributed by atoms with van der Waals surface area (Å²) in [6.45, 7) is 0.873. The summed E-state index contributed by atoms with van der Waals surface area (Å²) >= 11 is 0. The van der Waals surface area contributed by atoms with Crippen molar-refractivity contribution in [2.24, 2.45) is 5.41 Å². The Kier molecular flexibility index (Phi) is 5.61. The molecule has 1 atom stereocenters. The standard InChI is InChI=1S/C23H24N4O3/c1-24-22(29)23(15-19-14-20(26-30-19)17-7-3-2-4-8-17)10-12-27(16-23)21(28)13-18-9-5-6-11-25-18/h2-9,11,14H,10,12-13,15-16H2,1H3,(H,24,29). The molecule has 0 saturated carbocycles. The van der Waals surface area contributed by atoms with Crippen LogP contribution in [0.4, 0.5) is 0 Å². The Labute approximate surface area is 175 Å². The second-order valence-electron chi connectivity index (χ2n) is 7.64. The highest BCUT2D eigenvalue weighted by atomic mass is 16.5. The minimum absolute atomic E-state index is 0.0259. The lowest BCUT2D eigenvalue weighted by atomic mass is 9.81. The highest BCUT2D eigenvalue weighted by Crippen LogP contribution is 2.36. The summed E-state index contributed by atoms with van der Waals surface area (Å²) in [6.07, 6.45) is 2.86. The summed E-state index contributed by atoms with van der Waals surface area (Å²) in [5, 5.41) is 6.92. The molecule has 3 heterocycles. The smallest absolute Gasteiger partial charge is 0.228 e. The van der Waals surface area contributed by atoms with Crippen LogP contribution in [-0.4, -0.2) is 47.0 Å². The van der Waals surface area contributed by atoms with Gasteiger partial charge in [0.1, 0.15) is 11.5 Å². The Bertz CT molecular complexity index is 1020. The molecule has 0 bridgehead atoms. The second kappa shape index (κ2) is 8.49. The van der Waals surface area contributed by atoms with E-state index in [2.05, 4.69) is 15.5 Å². The molecule has 0 radical (unpaired) electrons. The molecule has 7 nitrogen and oxygen atoms in total. The predicted molar refractivity (Wildman–Crippen MR) is 111 cm³/mol.